The van der Waals surface area contributed by atoms with Crippen LogP contribution in [0.4, 0.5) is 0 Å². The van der Waals surface area contributed by atoms with Crippen molar-refractivity contribution in [1.29, 1.82) is 0 Å². The van der Waals surface area contributed by atoms with Crippen LogP contribution < -0.4 is 0 Å². The fourth-order valence-corrected chi connectivity index (χ4v) is 1.48. The van der Waals surface area contributed by atoms with Crippen LogP contribution in [0.2, 0.25) is 0 Å². The largest absolute Gasteiger partial charge is 0.478 e. The average molecular weight is 339 g/mol. The van der Waals surface area contributed by atoms with Crippen molar-refractivity contribution >= 4 is 17.9 Å². The van der Waals surface area contributed by atoms with Crippen molar-refractivity contribution in [1.82, 2.24) is 4.98 Å². The molecule has 0 bridgehead atoms. The number of nitrogens with zero attached hydrogens (tertiary/aromatic N) is 1. The standard InChI is InChI=1S/C11H13NO4.C6H12O2/c1-7(2)11(15)16-9(10(13)14)8-4-3-5-12-6-8;1-5(7)8-6(2,3)4/h3-7,9H,1-2H3,(H,13,14);1-4H3. The maximum atomic E-state index is 11.3. The molecular weight excluding hydrogens is 314 g/mol. The first kappa shape index (κ1) is 21.6. The summed E-state index contributed by atoms with van der Waals surface area (Å²) in [5.41, 5.74) is 0.0234. The van der Waals surface area contributed by atoms with E-state index in [1.54, 1.807) is 26.0 Å². The number of carbonyl (C=O) groups is 3. The highest BCUT2D eigenvalue weighted by atomic mass is 16.6. The van der Waals surface area contributed by atoms with Crippen molar-refractivity contribution in [2.45, 2.75) is 53.2 Å². The van der Waals surface area contributed by atoms with Crippen LogP contribution in [0.15, 0.2) is 24.5 Å². The number of esters is 2. The van der Waals surface area contributed by atoms with Gasteiger partial charge in [-0.1, -0.05) is 19.9 Å². The topological polar surface area (TPSA) is 103 Å². The Labute approximate surface area is 142 Å². The summed E-state index contributed by atoms with van der Waals surface area (Å²) in [6, 6.07) is 3.15. The highest BCUT2D eigenvalue weighted by molar-refractivity contribution is 5.80. The monoisotopic (exact) mass is 339 g/mol. The normalized spacial score (nSPS) is 11.8. The van der Waals surface area contributed by atoms with Gasteiger partial charge in [0.2, 0.25) is 6.10 Å². The number of carboxylic acids is 1. The zero-order valence-corrected chi connectivity index (χ0v) is 14.9. The predicted molar refractivity (Wildman–Crippen MR) is 87.1 cm³/mol. The minimum absolute atomic E-state index is 0.225. The second kappa shape index (κ2) is 9.64. The van der Waals surface area contributed by atoms with E-state index in [4.69, 9.17) is 14.6 Å². The Bertz CT molecular complexity index is 548. The molecule has 1 aromatic heterocycles. The van der Waals surface area contributed by atoms with Gasteiger partial charge in [0, 0.05) is 24.9 Å². The lowest BCUT2D eigenvalue weighted by molar-refractivity contribution is -0.166. The molecule has 0 aliphatic heterocycles. The quantitative estimate of drug-likeness (QED) is 0.841. The van der Waals surface area contributed by atoms with Gasteiger partial charge in [0.05, 0.1) is 5.92 Å². The van der Waals surface area contributed by atoms with Gasteiger partial charge in [-0.25, -0.2) is 4.79 Å². The second-order valence-corrected chi connectivity index (χ2v) is 6.30. The minimum Gasteiger partial charge on any atom is -0.478 e. The van der Waals surface area contributed by atoms with E-state index in [1.165, 1.54) is 19.3 Å². The fourth-order valence-electron chi connectivity index (χ4n) is 1.48. The third kappa shape index (κ3) is 9.55. The van der Waals surface area contributed by atoms with E-state index in [1.807, 2.05) is 20.8 Å². The molecule has 134 valence electrons. The van der Waals surface area contributed by atoms with Crippen molar-refractivity contribution < 1.29 is 29.0 Å². The summed E-state index contributed by atoms with van der Waals surface area (Å²) in [4.78, 5) is 36.3. The van der Waals surface area contributed by atoms with E-state index in [9.17, 15) is 14.4 Å². The number of rotatable bonds is 4. The summed E-state index contributed by atoms with van der Waals surface area (Å²) < 4.78 is 9.68. The van der Waals surface area contributed by atoms with Crippen LogP contribution in [0, 0.1) is 5.92 Å². The summed E-state index contributed by atoms with van der Waals surface area (Å²) >= 11 is 0. The van der Waals surface area contributed by atoms with Crippen LogP contribution in [0.1, 0.15) is 53.2 Å². The maximum absolute atomic E-state index is 11.3. The summed E-state index contributed by atoms with van der Waals surface area (Å²) in [5, 5.41) is 8.95. The Morgan fingerprint density at radius 1 is 1.21 bits per heavy atom. The molecule has 1 aromatic rings. The number of hydrogen-bond donors (Lipinski definition) is 1. The van der Waals surface area contributed by atoms with Crippen LogP contribution in [0.3, 0.4) is 0 Å². The molecule has 0 amide bonds. The Hall–Kier alpha value is -2.44. The first-order chi connectivity index (χ1) is 10.9. The van der Waals surface area contributed by atoms with Gasteiger partial charge < -0.3 is 14.6 Å². The molecule has 1 heterocycles. The van der Waals surface area contributed by atoms with E-state index < -0.39 is 18.0 Å². The van der Waals surface area contributed by atoms with Gasteiger partial charge in [0.25, 0.3) is 0 Å². The Morgan fingerprint density at radius 3 is 2.08 bits per heavy atom. The molecule has 7 heteroatoms. The van der Waals surface area contributed by atoms with Crippen molar-refractivity contribution in [3.63, 3.8) is 0 Å². The summed E-state index contributed by atoms with van der Waals surface area (Å²) in [6.07, 6.45) is 1.60. The summed E-state index contributed by atoms with van der Waals surface area (Å²) in [6.45, 7) is 10.2. The molecule has 1 unspecified atom stereocenters. The first-order valence-electron chi connectivity index (χ1n) is 7.47. The van der Waals surface area contributed by atoms with Crippen molar-refractivity contribution in [3.8, 4) is 0 Å². The van der Waals surface area contributed by atoms with Crippen molar-refractivity contribution in [3.05, 3.63) is 30.1 Å². The van der Waals surface area contributed by atoms with Gasteiger partial charge in [-0.05, 0) is 26.8 Å². The van der Waals surface area contributed by atoms with Crippen LogP contribution in [-0.2, 0) is 23.9 Å². The Morgan fingerprint density at radius 2 is 1.79 bits per heavy atom. The molecular formula is C17H25NO6. The second-order valence-electron chi connectivity index (χ2n) is 6.30. The third-order valence-corrected chi connectivity index (χ3v) is 2.37. The molecule has 1 atom stereocenters. The van der Waals surface area contributed by atoms with Gasteiger partial charge in [0.15, 0.2) is 0 Å². The Balaban J connectivity index is 0.000000561. The molecule has 0 saturated carbocycles. The smallest absolute Gasteiger partial charge is 0.349 e. The van der Waals surface area contributed by atoms with E-state index in [2.05, 4.69) is 4.98 Å². The van der Waals surface area contributed by atoms with Crippen LogP contribution >= 0.6 is 0 Å². The fraction of sp³-hybridized carbons (Fsp3) is 0.529. The molecule has 1 N–H and O–H groups in total. The van der Waals surface area contributed by atoms with E-state index in [0.29, 0.717) is 5.56 Å². The molecule has 0 aliphatic carbocycles. The minimum atomic E-state index is -1.29. The lowest BCUT2D eigenvalue weighted by atomic mass is 10.1. The molecule has 7 nitrogen and oxygen atoms in total. The van der Waals surface area contributed by atoms with Gasteiger partial charge in [0.1, 0.15) is 5.60 Å². The first-order valence-corrected chi connectivity index (χ1v) is 7.47. The van der Waals surface area contributed by atoms with Crippen molar-refractivity contribution in [2.75, 3.05) is 0 Å². The Kier molecular flexibility index (Phi) is 8.66. The summed E-state index contributed by atoms with van der Waals surface area (Å²) in [5.74, 6) is -2.34. The SMILES string of the molecule is CC(=O)OC(C)(C)C.CC(C)C(=O)OC(C(=O)O)c1cccnc1. The van der Waals surface area contributed by atoms with Gasteiger partial charge in [-0.3, -0.25) is 14.6 Å². The van der Waals surface area contributed by atoms with Crippen LogP contribution in [0.25, 0.3) is 0 Å². The number of carbonyl (C=O) groups excluding carboxylic acids is 2. The number of aliphatic carboxylic acids is 1. The summed E-state index contributed by atoms with van der Waals surface area (Å²) in [7, 11) is 0. The number of pyridine rings is 1. The number of carboxylic acid groups (broad SMARTS) is 1. The van der Waals surface area contributed by atoms with Gasteiger partial charge >= 0.3 is 17.9 Å². The maximum Gasteiger partial charge on any atom is 0.349 e. The van der Waals surface area contributed by atoms with Crippen LogP contribution in [-0.4, -0.2) is 33.6 Å². The van der Waals surface area contributed by atoms with Gasteiger partial charge in [-0.15, -0.1) is 0 Å². The van der Waals surface area contributed by atoms with E-state index in [-0.39, 0.29) is 17.5 Å². The number of hydrogen-bond acceptors (Lipinski definition) is 6. The molecule has 0 aromatic carbocycles. The lowest BCUT2D eigenvalue weighted by Gasteiger charge is -2.17. The third-order valence-electron chi connectivity index (χ3n) is 2.37. The predicted octanol–water partition coefficient (Wildman–Crippen LogP) is 2.75. The zero-order chi connectivity index (χ0) is 18.9. The van der Waals surface area contributed by atoms with Crippen LogP contribution in [0.5, 0.6) is 0 Å². The highest BCUT2D eigenvalue weighted by Gasteiger charge is 2.25. The van der Waals surface area contributed by atoms with E-state index >= 15 is 0 Å². The zero-order valence-electron chi connectivity index (χ0n) is 14.9. The number of aromatic nitrogens is 1. The van der Waals surface area contributed by atoms with Gasteiger partial charge in [-0.2, -0.15) is 0 Å². The molecule has 0 spiro atoms. The molecule has 0 radical (unpaired) electrons. The molecule has 0 fully saturated rings. The average Bonchev–Trinajstić information content (AvgIpc) is 2.42. The van der Waals surface area contributed by atoms with Crippen molar-refractivity contribution in [2.24, 2.45) is 5.92 Å². The molecule has 24 heavy (non-hydrogen) atoms. The lowest BCUT2D eigenvalue weighted by Crippen LogP contribution is -2.22. The molecule has 0 saturated heterocycles. The number of ether oxygens (including phenoxy) is 2. The van der Waals surface area contributed by atoms with E-state index in [0.717, 1.165) is 0 Å². The molecule has 1 rings (SSSR count). The molecule has 0 aliphatic rings. The highest BCUT2D eigenvalue weighted by Crippen LogP contribution is 2.18.